The summed E-state index contributed by atoms with van der Waals surface area (Å²) in [5.41, 5.74) is 0.871. The molecular formula is C19H20FN5O2. The van der Waals surface area contributed by atoms with Gasteiger partial charge in [0.2, 0.25) is 0 Å². The van der Waals surface area contributed by atoms with E-state index >= 15 is 0 Å². The first-order valence-electron chi connectivity index (χ1n) is 8.69. The molecule has 0 unspecified atom stereocenters. The highest BCUT2D eigenvalue weighted by Gasteiger charge is 2.19. The second-order valence-electron chi connectivity index (χ2n) is 5.93. The summed E-state index contributed by atoms with van der Waals surface area (Å²) >= 11 is 0. The lowest BCUT2D eigenvalue weighted by Gasteiger charge is -2.29. The zero-order chi connectivity index (χ0) is 19.1. The molecule has 0 saturated carbocycles. The van der Waals surface area contributed by atoms with Crippen molar-refractivity contribution in [2.45, 2.75) is 0 Å². The van der Waals surface area contributed by atoms with Crippen LogP contribution in [0.2, 0.25) is 0 Å². The molecule has 1 amide bonds. The van der Waals surface area contributed by atoms with Crippen LogP contribution in [0.15, 0.2) is 36.5 Å². The predicted molar refractivity (Wildman–Crippen MR) is 99.2 cm³/mol. The van der Waals surface area contributed by atoms with Crippen molar-refractivity contribution in [2.75, 3.05) is 49.6 Å². The summed E-state index contributed by atoms with van der Waals surface area (Å²) in [7, 11) is 0. The summed E-state index contributed by atoms with van der Waals surface area (Å²) in [6.45, 7) is 3.27. The van der Waals surface area contributed by atoms with E-state index in [1.165, 1.54) is 12.1 Å². The molecule has 1 aliphatic heterocycles. The highest BCUT2D eigenvalue weighted by Crippen LogP contribution is 2.19. The molecule has 27 heavy (non-hydrogen) atoms. The van der Waals surface area contributed by atoms with Crippen molar-refractivity contribution in [3.8, 4) is 6.07 Å². The van der Waals surface area contributed by atoms with Gasteiger partial charge in [-0.2, -0.15) is 5.26 Å². The number of carbonyl (C=O) groups excluding carboxylic acids is 1. The molecule has 0 aliphatic carbocycles. The first kappa shape index (κ1) is 18.6. The van der Waals surface area contributed by atoms with E-state index < -0.39 is 5.82 Å². The molecule has 8 heteroatoms. The molecule has 1 aliphatic rings. The quantitative estimate of drug-likeness (QED) is 0.755. The fourth-order valence-corrected chi connectivity index (χ4v) is 2.85. The summed E-state index contributed by atoms with van der Waals surface area (Å²) in [4.78, 5) is 18.9. The number of aromatic nitrogens is 1. The Labute approximate surface area is 156 Å². The van der Waals surface area contributed by atoms with Gasteiger partial charge in [0, 0.05) is 32.4 Å². The Kier molecular flexibility index (Phi) is 6.18. The second kappa shape index (κ2) is 8.96. The van der Waals surface area contributed by atoms with E-state index in [0.29, 0.717) is 56.5 Å². The van der Waals surface area contributed by atoms with Gasteiger partial charge in [-0.15, -0.1) is 0 Å². The first-order chi connectivity index (χ1) is 13.2. The first-order valence-corrected chi connectivity index (χ1v) is 8.69. The summed E-state index contributed by atoms with van der Waals surface area (Å²) in [5, 5.41) is 14.8. The lowest BCUT2D eigenvalue weighted by atomic mass is 10.2. The average Bonchev–Trinajstić information content (AvgIpc) is 2.72. The maximum atomic E-state index is 13.6. The number of carbonyl (C=O) groups is 1. The van der Waals surface area contributed by atoms with Gasteiger partial charge in [-0.05, 0) is 24.3 Å². The summed E-state index contributed by atoms with van der Waals surface area (Å²) in [5.74, 6) is -0.161. The van der Waals surface area contributed by atoms with Crippen LogP contribution >= 0.6 is 0 Å². The van der Waals surface area contributed by atoms with Crippen molar-refractivity contribution in [2.24, 2.45) is 0 Å². The van der Waals surface area contributed by atoms with Crippen LogP contribution < -0.4 is 15.5 Å². The third kappa shape index (κ3) is 4.51. The Morgan fingerprint density at radius 2 is 2.07 bits per heavy atom. The molecule has 1 saturated heterocycles. The van der Waals surface area contributed by atoms with Gasteiger partial charge in [0.15, 0.2) is 0 Å². The minimum atomic E-state index is -0.572. The van der Waals surface area contributed by atoms with Crippen LogP contribution in [-0.4, -0.2) is 50.3 Å². The summed E-state index contributed by atoms with van der Waals surface area (Å²) < 4.78 is 18.9. The number of nitrogens with one attached hydrogen (secondary N) is 2. The SMILES string of the molecule is N#Cc1c(F)cccc1NCCNC(=O)c1cccnc1N1CCOCC1. The van der Waals surface area contributed by atoms with Crippen molar-refractivity contribution in [3.05, 3.63) is 53.5 Å². The van der Waals surface area contributed by atoms with Crippen molar-refractivity contribution in [1.29, 1.82) is 5.26 Å². The number of benzene rings is 1. The van der Waals surface area contributed by atoms with E-state index in [0.717, 1.165) is 0 Å². The normalized spacial score (nSPS) is 13.7. The number of halogens is 1. The molecule has 3 rings (SSSR count). The number of hydrogen-bond donors (Lipinski definition) is 2. The molecule has 0 bridgehead atoms. The van der Waals surface area contributed by atoms with Gasteiger partial charge in [-0.1, -0.05) is 6.07 Å². The Morgan fingerprint density at radius 3 is 2.85 bits per heavy atom. The standard InChI is InChI=1S/C19H20FN5O2/c20-16-4-1-5-17(15(16)13-21)22-7-8-24-19(26)14-3-2-6-23-18(14)25-9-11-27-12-10-25/h1-6,22H,7-12H2,(H,24,26). The highest BCUT2D eigenvalue weighted by molar-refractivity contribution is 5.98. The number of nitrogens with zero attached hydrogens (tertiary/aromatic N) is 3. The molecule has 2 aromatic rings. The highest BCUT2D eigenvalue weighted by atomic mass is 19.1. The van der Waals surface area contributed by atoms with E-state index in [4.69, 9.17) is 10.00 Å². The number of hydrogen-bond acceptors (Lipinski definition) is 6. The molecule has 1 aromatic heterocycles. The predicted octanol–water partition coefficient (Wildman–Crippen LogP) is 1.77. The third-order valence-electron chi connectivity index (χ3n) is 4.19. The maximum absolute atomic E-state index is 13.6. The van der Waals surface area contributed by atoms with Crippen molar-refractivity contribution in [1.82, 2.24) is 10.3 Å². The number of anilines is 2. The summed E-state index contributed by atoms with van der Waals surface area (Å²) in [6, 6.07) is 9.69. The van der Waals surface area contributed by atoms with Crippen LogP contribution in [0.5, 0.6) is 0 Å². The Hall–Kier alpha value is -3.18. The van der Waals surface area contributed by atoms with Gasteiger partial charge >= 0.3 is 0 Å². The Bertz CT molecular complexity index is 846. The topological polar surface area (TPSA) is 90.3 Å². The van der Waals surface area contributed by atoms with Crippen molar-refractivity contribution >= 4 is 17.4 Å². The molecule has 0 atom stereocenters. The molecule has 1 fully saturated rings. The fraction of sp³-hybridized carbons (Fsp3) is 0.316. The van der Waals surface area contributed by atoms with Crippen LogP contribution in [0.25, 0.3) is 0 Å². The van der Waals surface area contributed by atoms with Crippen molar-refractivity contribution < 1.29 is 13.9 Å². The van der Waals surface area contributed by atoms with E-state index in [-0.39, 0.29) is 11.5 Å². The maximum Gasteiger partial charge on any atom is 0.255 e. The summed E-state index contributed by atoms with van der Waals surface area (Å²) in [6.07, 6.45) is 1.66. The molecule has 2 N–H and O–H groups in total. The Morgan fingerprint density at radius 1 is 1.26 bits per heavy atom. The van der Waals surface area contributed by atoms with Crippen LogP contribution in [0.1, 0.15) is 15.9 Å². The largest absolute Gasteiger partial charge is 0.382 e. The number of morpholine rings is 1. The van der Waals surface area contributed by atoms with Gasteiger partial charge in [0.25, 0.3) is 5.91 Å². The van der Waals surface area contributed by atoms with E-state index in [9.17, 15) is 9.18 Å². The minimum Gasteiger partial charge on any atom is -0.382 e. The second-order valence-corrected chi connectivity index (χ2v) is 5.93. The van der Waals surface area contributed by atoms with Gasteiger partial charge in [0.1, 0.15) is 23.3 Å². The molecular weight excluding hydrogens is 349 g/mol. The van der Waals surface area contributed by atoms with E-state index in [2.05, 4.69) is 15.6 Å². The molecule has 7 nitrogen and oxygen atoms in total. The monoisotopic (exact) mass is 369 g/mol. The Balaban J connectivity index is 1.58. The minimum absolute atomic E-state index is 0.0364. The molecule has 0 spiro atoms. The number of nitriles is 1. The zero-order valence-electron chi connectivity index (χ0n) is 14.7. The third-order valence-corrected chi connectivity index (χ3v) is 4.19. The number of ether oxygens (including phenoxy) is 1. The van der Waals surface area contributed by atoms with E-state index in [1.54, 1.807) is 24.4 Å². The van der Waals surface area contributed by atoms with Gasteiger partial charge < -0.3 is 20.3 Å². The lowest BCUT2D eigenvalue weighted by molar-refractivity contribution is 0.0953. The van der Waals surface area contributed by atoms with E-state index in [1.807, 2.05) is 11.0 Å². The lowest BCUT2D eigenvalue weighted by Crippen LogP contribution is -2.39. The number of rotatable bonds is 6. The molecule has 0 radical (unpaired) electrons. The van der Waals surface area contributed by atoms with Crippen LogP contribution in [0.3, 0.4) is 0 Å². The average molecular weight is 369 g/mol. The van der Waals surface area contributed by atoms with Crippen molar-refractivity contribution in [3.63, 3.8) is 0 Å². The van der Waals surface area contributed by atoms with Gasteiger partial charge in [-0.3, -0.25) is 4.79 Å². The van der Waals surface area contributed by atoms with Crippen LogP contribution in [-0.2, 0) is 4.74 Å². The fourth-order valence-electron chi connectivity index (χ4n) is 2.85. The van der Waals surface area contributed by atoms with Crippen LogP contribution in [0, 0.1) is 17.1 Å². The zero-order valence-corrected chi connectivity index (χ0v) is 14.7. The number of pyridine rings is 1. The van der Waals surface area contributed by atoms with Crippen LogP contribution in [0.4, 0.5) is 15.9 Å². The molecule has 2 heterocycles. The molecule has 1 aromatic carbocycles. The van der Waals surface area contributed by atoms with Gasteiger partial charge in [-0.25, -0.2) is 9.37 Å². The number of amides is 1. The van der Waals surface area contributed by atoms with Gasteiger partial charge in [0.05, 0.1) is 24.5 Å². The molecule has 140 valence electrons. The smallest absolute Gasteiger partial charge is 0.255 e.